The van der Waals surface area contributed by atoms with Crippen LogP contribution in [0.2, 0.25) is 0 Å². The smallest absolute Gasteiger partial charge is 0.274 e. The van der Waals surface area contributed by atoms with Gasteiger partial charge in [-0.2, -0.15) is 0 Å². The highest BCUT2D eigenvalue weighted by molar-refractivity contribution is 7.91. The second kappa shape index (κ2) is 7.97. The van der Waals surface area contributed by atoms with Crippen molar-refractivity contribution in [2.24, 2.45) is 5.14 Å². The Bertz CT molecular complexity index is 1830. The first-order valence-electron chi connectivity index (χ1n) is 11.5. The van der Waals surface area contributed by atoms with E-state index in [4.69, 9.17) is 19.9 Å². The van der Waals surface area contributed by atoms with Crippen LogP contribution in [0.5, 0.6) is 0 Å². The molecule has 0 aromatic carbocycles. The Morgan fingerprint density at radius 1 is 1.17 bits per heavy atom. The molecule has 11 heteroatoms. The molecule has 5 N–H and O–H groups in total. The number of nitrogens with one attached hydrogen (secondary N) is 3. The third-order valence-corrected chi connectivity index (χ3v) is 8.60. The first-order valence-corrected chi connectivity index (χ1v) is 13.1. The molecule has 5 aromatic rings. The molecule has 1 saturated carbocycles. The van der Waals surface area contributed by atoms with E-state index in [2.05, 4.69) is 21.5 Å². The van der Waals surface area contributed by atoms with Crippen molar-refractivity contribution in [3.8, 4) is 22.6 Å². The molecular weight excluding hydrogens is 476 g/mol. The highest BCUT2D eigenvalue weighted by atomic mass is 32.2. The molecule has 0 aliphatic heterocycles. The minimum atomic E-state index is -3.41. The average Bonchev–Trinajstić information content (AvgIpc) is 3.31. The number of rotatable bonds is 7. The monoisotopic (exact) mass is 500 g/mol. The molecule has 182 valence electrons. The SMILES string of the molecule is C=CCCn1cc(-c2cc(C3(S(=N)(N)=O)CC3)nc(-c3ccnc4[nH]ccc34)n2)c2cc[nH]c2c1=O. The maximum atomic E-state index is 13.0. The van der Waals surface area contributed by atoms with Crippen molar-refractivity contribution < 1.29 is 4.21 Å². The van der Waals surface area contributed by atoms with E-state index in [9.17, 15) is 9.00 Å². The van der Waals surface area contributed by atoms with Crippen LogP contribution < -0.4 is 10.7 Å². The van der Waals surface area contributed by atoms with Crippen LogP contribution in [0.15, 0.2) is 66.5 Å². The van der Waals surface area contributed by atoms with E-state index in [0.717, 1.165) is 21.9 Å². The van der Waals surface area contributed by atoms with E-state index >= 15 is 0 Å². The van der Waals surface area contributed by atoms with Gasteiger partial charge < -0.3 is 14.5 Å². The van der Waals surface area contributed by atoms with E-state index < -0.39 is 14.7 Å². The van der Waals surface area contributed by atoms with Crippen molar-refractivity contribution in [2.75, 3.05) is 0 Å². The maximum Gasteiger partial charge on any atom is 0.274 e. The Labute approximate surface area is 206 Å². The average molecular weight is 501 g/mol. The van der Waals surface area contributed by atoms with E-state index in [1.807, 2.05) is 18.2 Å². The first kappa shape index (κ1) is 22.4. The molecule has 5 aromatic heterocycles. The van der Waals surface area contributed by atoms with Crippen molar-refractivity contribution in [3.05, 3.63) is 77.8 Å². The number of aromatic amines is 2. The van der Waals surface area contributed by atoms with Gasteiger partial charge in [0, 0.05) is 53.2 Å². The van der Waals surface area contributed by atoms with Crippen LogP contribution in [0.3, 0.4) is 0 Å². The highest BCUT2D eigenvalue weighted by Gasteiger charge is 2.53. The second-order valence-corrected chi connectivity index (χ2v) is 11.0. The molecule has 36 heavy (non-hydrogen) atoms. The lowest BCUT2D eigenvalue weighted by Gasteiger charge is -2.18. The van der Waals surface area contributed by atoms with Gasteiger partial charge in [0.05, 0.1) is 11.4 Å². The van der Waals surface area contributed by atoms with E-state index in [0.29, 0.717) is 54.2 Å². The highest BCUT2D eigenvalue weighted by Crippen LogP contribution is 2.52. The van der Waals surface area contributed by atoms with E-state index in [-0.39, 0.29) is 5.56 Å². The molecule has 0 radical (unpaired) electrons. The van der Waals surface area contributed by atoms with Crippen LogP contribution in [0, 0.1) is 4.78 Å². The normalized spacial score (nSPS) is 16.2. The summed E-state index contributed by atoms with van der Waals surface area (Å²) in [5, 5.41) is 7.45. The van der Waals surface area contributed by atoms with Crippen molar-refractivity contribution in [2.45, 2.75) is 30.6 Å². The summed E-state index contributed by atoms with van der Waals surface area (Å²) < 4.78 is 21.6. The van der Waals surface area contributed by atoms with Gasteiger partial charge in [-0.3, -0.25) is 4.79 Å². The molecule has 6 rings (SSSR count). The molecule has 1 aliphatic rings. The number of hydrogen-bond acceptors (Lipinski definition) is 6. The van der Waals surface area contributed by atoms with Gasteiger partial charge >= 0.3 is 0 Å². The number of fused-ring (bicyclic) bond motifs is 2. The van der Waals surface area contributed by atoms with E-state index in [1.54, 1.807) is 41.5 Å². The summed E-state index contributed by atoms with van der Waals surface area (Å²) in [4.78, 5) is 33.2. The predicted octanol–water partition coefficient (Wildman–Crippen LogP) is 3.82. The lowest BCUT2D eigenvalue weighted by atomic mass is 10.1. The summed E-state index contributed by atoms with van der Waals surface area (Å²) in [6, 6.07) is 7.33. The Kier molecular flexibility index (Phi) is 4.95. The topological polar surface area (TPSA) is 159 Å². The van der Waals surface area contributed by atoms with Crippen LogP contribution in [0.4, 0.5) is 0 Å². The summed E-state index contributed by atoms with van der Waals surface area (Å²) in [5.41, 5.74) is 3.54. The van der Waals surface area contributed by atoms with Crippen LogP contribution >= 0.6 is 0 Å². The fourth-order valence-electron chi connectivity index (χ4n) is 4.72. The minimum absolute atomic E-state index is 0.131. The first-order chi connectivity index (χ1) is 17.3. The summed E-state index contributed by atoms with van der Waals surface area (Å²) in [5.74, 6) is 0.414. The molecule has 1 aliphatic carbocycles. The molecule has 0 amide bonds. The summed E-state index contributed by atoms with van der Waals surface area (Å²) in [6.07, 6.45) is 10.4. The number of nitrogens with zero attached hydrogens (tertiary/aromatic N) is 4. The zero-order valence-corrected chi connectivity index (χ0v) is 20.1. The van der Waals surface area contributed by atoms with Crippen molar-refractivity contribution >= 4 is 31.9 Å². The predicted molar refractivity (Wildman–Crippen MR) is 139 cm³/mol. The Hall–Kier alpha value is -4.09. The number of aryl methyl sites for hydroxylation is 1. The van der Waals surface area contributed by atoms with Crippen LogP contribution in [0.25, 0.3) is 44.6 Å². The van der Waals surface area contributed by atoms with Gasteiger partial charge in [0.2, 0.25) is 0 Å². The zero-order valence-electron chi connectivity index (χ0n) is 19.3. The molecule has 5 heterocycles. The van der Waals surface area contributed by atoms with Crippen LogP contribution in [-0.2, 0) is 21.2 Å². The zero-order chi connectivity index (χ0) is 25.1. The van der Waals surface area contributed by atoms with Crippen molar-refractivity contribution in [1.29, 1.82) is 4.78 Å². The summed E-state index contributed by atoms with van der Waals surface area (Å²) in [7, 11) is -3.41. The van der Waals surface area contributed by atoms with Gasteiger partial charge in [-0.05, 0) is 43.5 Å². The number of H-pyrrole nitrogens is 2. The van der Waals surface area contributed by atoms with E-state index in [1.165, 1.54) is 0 Å². The Morgan fingerprint density at radius 2 is 1.94 bits per heavy atom. The third kappa shape index (κ3) is 3.39. The minimum Gasteiger partial charge on any atom is -0.357 e. The van der Waals surface area contributed by atoms with Crippen LogP contribution in [0.1, 0.15) is 25.0 Å². The Morgan fingerprint density at radius 3 is 2.69 bits per heavy atom. The number of pyridine rings is 2. The van der Waals surface area contributed by atoms with Gasteiger partial charge in [-0.1, -0.05) is 6.08 Å². The lowest BCUT2D eigenvalue weighted by molar-refractivity contribution is 0.660. The van der Waals surface area contributed by atoms with Crippen LogP contribution in [-0.4, -0.2) is 33.7 Å². The molecule has 0 bridgehead atoms. The molecule has 1 fully saturated rings. The maximum absolute atomic E-state index is 13.0. The van der Waals surface area contributed by atoms with Gasteiger partial charge in [-0.15, -0.1) is 6.58 Å². The third-order valence-electron chi connectivity index (χ3n) is 6.83. The molecule has 0 saturated heterocycles. The van der Waals surface area contributed by atoms with Gasteiger partial charge in [0.15, 0.2) is 5.82 Å². The Balaban J connectivity index is 1.65. The standard InChI is InChI=1S/C25H24N8O2S/c1-2-3-12-33-14-18(15-4-9-28-21(15)24(33)34)19-13-20(25(7-8-25)36(26,27)35)32-23(31-19)17-6-11-30-22-16(17)5-10-29-22/h2,4-6,9-11,13-14,28H,1,3,7-8,12H2,(H,29,30)(H3,26,27,35). The van der Waals surface area contributed by atoms with Gasteiger partial charge in [-0.25, -0.2) is 29.1 Å². The van der Waals surface area contributed by atoms with Crippen molar-refractivity contribution in [3.63, 3.8) is 0 Å². The number of nitrogens with two attached hydrogens (primary N) is 1. The molecule has 1 unspecified atom stereocenters. The summed E-state index contributed by atoms with van der Waals surface area (Å²) in [6.45, 7) is 4.23. The molecule has 0 spiro atoms. The molecule has 1 atom stereocenters. The summed E-state index contributed by atoms with van der Waals surface area (Å²) >= 11 is 0. The molecule has 10 nitrogen and oxygen atoms in total. The number of allylic oxidation sites excluding steroid dienone is 1. The van der Waals surface area contributed by atoms with Crippen molar-refractivity contribution in [1.82, 2.24) is 29.5 Å². The molecular formula is C25H24N8O2S. The lowest BCUT2D eigenvalue weighted by Crippen LogP contribution is -2.28. The second-order valence-electron chi connectivity index (χ2n) is 9.04. The fraction of sp³-hybridized carbons (Fsp3) is 0.200. The van der Waals surface area contributed by atoms with Gasteiger partial charge in [0.25, 0.3) is 5.56 Å². The number of aromatic nitrogens is 6. The quantitative estimate of drug-likeness (QED) is 0.250. The largest absolute Gasteiger partial charge is 0.357 e. The van der Waals surface area contributed by atoms with Gasteiger partial charge in [0.1, 0.15) is 25.8 Å². The number of hydrogen-bond donors (Lipinski definition) is 4. The fourth-order valence-corrected chi connectivity index (χ4v) is 5.85.